The number of rotatable bonds is 2. The molecular formula is C22H19FN6O2. The lowest BCUT2D eigenvalue weighted by atomic mass is 10.00. The molecule has 2 atom stereocenters. The fraction of sp³-hybridized carbons (Fsp3) is 0.227. The van der Waals surface area contributed by atoms with Gasteiger partial charge < -0.3 is 10.1 Å². The smallest absolute Gasteiger partial charge is 0.330 e. The molecule has 1 N–H and O–H groups in total. The fourth-order valence-corrected chi connectivity index (χ4v) is 4.45. The first-order valence-corrected chi connectivity index (χ1v) is 10.1. The Kier molecular flexibility index (Phi) is 3.80. The summed E-state index contributed by atoms with van der Waals surface area (Å²) in [7, 11) is 1.71. The van der Waals surface area contributed by atoms with Crippen molar-refractivity contribution in [3.63, 3.8) is 0 Å². The zero-order valence-corrected chi connectivity index (χ0v) is 16.7. The zero-order chi connectivity index (χ0) is 21.1. The average Bonchev–Trinajstić information content (AvgIpc) is 3.32. The van der Waals surface area contributed by atoms with Gasteiger partial charge in [-0.3, -0.25) is 13.7 Å². The number of hydrogen-bond donors (Lipinski definition) is 1. The number of anilines is 1. The molecule has 2 aliphatic heterocycles. The van der Waals surface area contributed by atoms with E-state index in [1.165, 1.54) is 12.1 Å². The van der Waals surface area contributed by atoms with E-state index in [2.05, 4.69) is 15.3 Å². The van der Waals surface area contributed by atoms with E-state index in [4.69, 9.17) is 4.74 Å². The van der Waals surface area contributed by atoms with E-state index in [0.717, 1.165) is 11.0 Å². The molecule has 0 aliphatic carbocycles. The summed E-state index contributed by atoms with van der Waals surface area (Å²) in [6.45, 7) is 0.448. The van der Waals surface area contributed by atoms with E-state index in [1.54, 1.807) is 34.8 Å². The van der Waals surface area contributed by atoms with Crippen LogP contribution in [0.15, 0.2) is 58.6 Å². The Morgan fingerprint density at radius 3 is 3.00 bits per heavy atom. The molecule has 2 aliphatic rings. The summed E-state index contributed by atoms with van der Waals surface area (Å²) in [6.07, 6.45) is 3.54. The Morgan fingerprint density at radius 1 is 1.23 bits per heavy atom. The highest BCUT2D eigenvalue weighted by atomic mass is 19.1. The number of imidazole rings is 2. The average molecular weight is 418 g/mol. The minimum Gasteiger partial charge on any atom is -0.493 e. The van der Waals surface area contributed by atoms with E-state index in [9.17, 15) is 9.18 Å². The first-order chi connectivity index (χ1) is 15.1. The van der Waals surface area contributed by atoms with Crippen LogP contribution in [0.3, 0.4) is 0 Å². The van der Waals surface area contributed by atoms with Gasteiger partial charge in [0, 0.05) is 19.0 Å². The van der Waals surface area contributed by atoms with Crippen molar-refractivity contribution >= 4 is 23.1 Å². The van der Waals surface area contributed by atoms with Gasteiger partial charge in [0.15, 0.2) is 0 Å². The van der Waals surface area contributed by atoms with Crippen LogP contribution in [-0.4, -0.2) is 31.5 Å². The van der Waals surface area contributed by atoms with Crippen molar-refractivity contribution in [3.05, 3.63) is 76.4 Å². The van der Waals surface area contributed by atoms with E-state index < -0.39 is 6.29 Å². The van der Waals surface area contributed by atoms with Gasteiger partial charge in [-0.2, -0.15) is 0 Å². The molecule has 8 nitrogen and oxygen atoms in total. The predicted octanol–water partition coefficient (Wildman–Crippen LogP) is 3.05. The summed E-state index contributed by atoms with van der Waals surface area (Å²) in [4.78, 5) is 22.3. The molecule has 2 aromatic carbocycles. The third-order valence-electron chi connectivity index (χ3n) is 5.98. The van der Waals surface area contributed by atoms with Gasteiger partial charge in [0.1, 0.15) is 23.1 Å². The lowest BCUT2D eigenvalue weighted by molar-refractivity contribution is 0.254. The van der Waals surface area contributed by atoms with Crippen molar-refractivity contribution in [1.82, 2.24) is 18.7 Å². The summed E-state index contributed by atoms with van der Waals surface area (Å²) >= 11 is 0. The van der Waals surface area contributed by atoms with E-state index in [1.807, 2.05) is 28.8 Å². The highest BCUT2D eigenvalue weighted by molar-refractivity contribution is 5.87. The van der Waals surface area contributed by atoms with Crippen molar-refractivity contribution in [2.45, 2.75) is 18.8 Å². The molecule has 0 fully saturated rings. The van der Waals surface area contributed by atoms with Gasteiger partial charge in [-0.05, 0) is 30.3 Å². The molecule has 156 valence electrons. The maximum absolute atomic E-state index is 14.0. The minimum atomic E-state index is -0.459. The maximum Gasteiger partial charge on any atom is 0.330 e. The summed E-state index contributed by atoms with van der Waals surface area (Å²) in [5.41, 5.74) is 2.95. The van der Waals surface area contributed by atoms with Gasteiger partial charge in [0.25, 0.3) is 0 Å². The normalized spacial score (nSPS) is 19.5. The van der Waals surface area contributed by atoms with E-state index >= 15 is 0 Å². The molecule has 0 amide bonds. The number of nitrogens with one attached hydrogen (secondary N) is 1. The number of halogens is 1. The number of fused-ring (bicyclic) bond motifs is 3. The Hall–Kier alpha value is -3.88. The molecule has 0 spiro atoms. The van der Waals surface area contributed by atoms with Crippen molar-refractivity contribution in [3.8, 4) is 5.75 Å². The first kappa shape index (κ1) is 17.9. The van der Waals surface area contributed by atoms with Gasteiger partial charge in [-0.15, -0.1) is 0 Å². The summed E-state index contributed by atoms with van der Waals surface area (Å²) in [6, 6.07) is 11.9. The lowest BCUT2D eigenvalue weighted by Crippen LogP contribution is -2.31. The lowest BCUT2D eigenvalue weighted by Gasteiger charge is -2.29. The topological polar surface area (TPSA) is 78.4 Å². The van der Waals surface area contributed by atoms with Gasteiger partial charge in [0.2, 0.25) is 6.29 Å². The van der Waals surface area contributed by atoms with Crippen LogP contribution in [0.4, 0.5) is 10.2 Å². The number of ether oxygens (including phenoxy) is 1. The van der Waals surface area contributed by atoms with Gasteiger partial charge >= 0.3 is 5.69 Å². The van der Waals surface area contributed by atoms with Crippen LogP contribution in [0.25, 0.3) is 11.0 Å². The number of nitrogens with zero attached hydrogens (tertiary/aromatic N) is 5. The number of para-hydroxylation sites is 2. The van der Waals surface area contributed by atoms with Gasteiger partial charge in [-0.25, -0.2) is 19.2 Å². The second kappa shape index (κ2) is 6.56. The SMILES string of the molecule is Cn1c2c(n(C3CCOc4ccc(F)cc43)c1=O)NC(n1cnc3ccccc31)N=C2. The molecule has 2 unspecified atom stereocenters. The van der Waals surface area contributed by atoms with Gasteiger partial charge in [-0.1, -0.05) is 12.1 Å². The number of aromatic nitrogens is 4. The Bertz CT molecular complexity index is 1420. The molecule has 0 saturated heterocycles. The second-order valence-electron chi connectivity index (χ2n) is 7.72. The first-order valence-electron chi connectivity index (χ1n) is 10.1. The quantitative estimate of drug-likeness (QED) is 0.543. The number of hydrogen-bond acceptors (Lipinski definition) is 5. The summed E-state index contributed by atoms with van der Waals surface area (Å²) < 4.78 is 24.9. The van der Waals surface area contributed by atoms with Gasteiger partial charge in [0.05, 0.1) is 36.2 Å². The van der Waals surface area contributed by atoms with Crippen LogP contribution in [0.5, 0.6) is 5.75 Å². The van der Waals surface area contributed by atoms with Crippen molar-refractivity contribution < 1.29 is 9.13 Å². The molecule has 0 saturated carbocycles. The van der Waals surface area contributed by atoms with Crippen LogP contribution in [0, 0.1) is 5.82 Å². The molecule has 0 radical (unpaired) electrons. The summed E-state index contributed by atoms with van der Waals surface area (Å²) in [5.74, 6) is 0.889. The van der Waals surface area contributed by atoms with Crippen LogP contribution in [-0.2, 0) is 7.05 Å². The van der Waals surface area contributed by atoms with Crippen molar-refractivity contribution in [2.75, 3.05) is 11.9 Å². The molecule has 4 aromatic rings. The van der Waals surface area contributed by atoms with Crippen molar-refractivity contribution in [1.29, 1.82) is 0 Å². The van der Waals surface area contributed by atoms with Crippen LogP contribution in [0.1, 0.15) is 30.0 Å². The van der Waals surface area contributed by atoms with Crippen molar-refractivity contribution in [2.24, 2.45) is 12.0 Å². The Labute approximate surface area is 176 Å². The molecule has 9 heteroatoms. The molecule has 2 aromatic heterocycles. The third kappa shape index (κ3) is 2.62. The number of aliphatic imine (C=N–C) groups is 1. The summed E-state index contributed by atoms with van der Waals surface area (Å²) in [5, 5.41) is 3.40. The standard InChI is InChI=1S/C22H19FN6O2/c1-27-18-11-24-21(28-12-25-15-4-2-3-5-17(15)28)26-20(18)29(22(27)30)16-8-9-31-19-7-6-13(23)10-14(16)19/h2-7,10-12,16,21,26H,8-9H2,1H3. The maximum atomic E-state index is 14.0. The molecule has 31 heavy (non-hydrogen) atoms. The van der Waals surface area contributed by atoms with E-state index in [0.29, 0.717) is 35.9 Å². The Balaban J connectivity index is 1.48. The molecule has 6 rings (SSSR count). The second-order valence-corrected chi connectivity index (χ2v) is 7.72. The minimum absolute atomic E-state index is 0.192. The molecule has 0 bridgehead atoms. The number of benzene rings is 2. The highest BCUT2D eigenvalue weighted by Crippen LogP contribution is 2.38. The monoisotopic (exact) mass is 418 g/mol. The molecule has 4 heterocycles. The highest BCUT2D eigenvalue weighted by Gasteiger charge is 2.32. The van der Waals surface area contributed by atoms with Crippen LogP contribution >= 0.6 is 0 Å². The van der Waals surface area contributed by atoms with E-state index in [-0.39, 0.29) is 17.5 Å². The fourth-order valence-electron chi connectivity index (χ4n) is 4.45. The third-order valence-corrected chi connectivity index (χ3v) is 5.98. The molecular weight excluding hydrogens is 399 g/mol. The predicted molar refractivity (Wildman–Crippen MR) is 114 cm³/mol. The van der Waals surface area contributed by atoms with Crippen LogP contribution in [0.2, 0.25) is 0 Å². The zero-order valence-electron chi connectivity index (χ0n) is 16.7. The van der Waals surface area contributed by atoms with Crippen LogP contribution < -0.4 is 15.7 Å². The Morgan fingerprint density at radius 2 is 2.10 bits per heavy atom. The largest absolute Gasteiger partial charge is 0.493 e.